The summed E-state index contributed by atoms with van der Waals surface area (Å²) in [5, 5.41) is 11.3. The molecule has 1 fully saturated rings. The highest BCUT2D eigenvalue weighted by Gasteiger charge is 2.31. The largest absolute Gasteiger partial charge is 0.489 e. The highest BCUT2D eigenvalue weighted by Crippen LogP contribution is 2.26. The van der Waals surface area contributed by atoms with E-state index in [0.29, 0.717) is 42.6 Å². The molecule has 3 heterocycles. The van der Waals surface area contributed by atoms with Gasteiger partial charge in [0.1, 0.15) is 17.4 Å². The Morgan fingerprint density at radius 3 is 2.83 bits per heavy atom. The summed E-state index contributed by atoms with van der Waals surface area (Å²) in [6.45, 7) is 3.47. The molecule has 1 saturated heterocycles. The number of hydrogen-bond donors (Lipinski definition) is 2. The van der Waals surface area contributed by atoms with E-state index in [0.717, 1.165) is 39.9 Å². The monoisotopic (exact) mass is 490 g/mol. The number of nitrogens with zero attached hydrogens (tertiary/aromatic N) is 2. The quantitative estimate of drug-likeness (QED) is 0.408. The molecule has 0 bridgehead atoms. The van der Waals surface area contributed by atoms with Gasteiger partial charge in [0.15, 0.2) is 0 Å². The van der Waals surface area contributed by atoms with Crippen LogP contribution in [0.15, 0.2) is 59.4 Å². The second-order valence-corrected chi connectivity index (χ2v) is 9.45. The summed E-state index contributed by atoms with van der Waals surface area (Å²) < 4.78 is 11.6. The van der Waals surface area contributed by atoms with Crippen molar-refractivity contribution in [3.05, 3.63) is 86.1 Å². The molecule has 1 aliphatic rings. The van der Waals surface area contributed by atoms with Gasteiger partial charge in [-0.2, -0.15) is 5.10 Å². The Balaban J connectivity index is 1.25. The second-order valence-electron chi connectivity index (χ2n) is 8.46. The molecule has 1 aliphatic heterocycles. The Labute approximate surface area is 206 Å². The van der Waals surface area contributed by atoms with Crippen LogP contribution in [0.3, 0.4) is 0 Å². The van der Waals surface area contributed by atoms with Crippen molar-refractivity contribution in [1.29, 1.82) is 0 Å². The van der Waals surface area contributed by atoms with E-state index in [1.165, 1.54) is 0 Å². The van der Waals surface area contributed by atoms with Gasteiger partial charge in [0.25, 0.3) is 5.91 Å². The minimum Gasteiger partial charge on any atom is -0.489 e. The summed E-state index contributed by atoms with van der Waals surface area (Å²) in [4.78, 5) is 28.9. The predicted molar refractivity (Wildman–Crippen MR) is 134 cm³/mol. The lowest BCUT2D eigenvalue weighted by molar-refractivity contribution is 0.0554. The van der Waals surface area contributed by atoms with Crippen LogP contribution in [0.1, 0.15) is 45.9 Å². The molecule has 180 valence electrons. The molecule has 4 aromatic rings. The average molecular weight is 491 g/mol. The average Bonchev–Trinajstić information content (AvgIpc) is 3.33. The minimum atomic E-state index is -0.211. The van der Waals surface area contributed by atoms with Crippen LogP contribution < -0.4 is 14.9 Å². The molecule has 2 aromatic carbocycles. The molecule has 8 nitrogen and oxygen atoms in total. The number of carbonyl (C=O) groups excluding carboxylic acids is 1. The Kier molecular flexibility index (Phi) is 6.87. The fourth-order valence-corrected chi connectivity index (χ4v) is 5.03. The number of fused-ring (bicyclic) bond motifs is 1. The highest BCUT2D eigenvalue weighted by atomic mass is 32.1. The van der Waals surface area contributed by atoms with Crippen molar-refractivity contribution in [2.24, 2.45) is 0 Å². The molecular weight excluding hydrogens is 464 g/mol. The smallest absolute Gasteiger partial charge is 0.322 e. The zero-order valence-electron chi connectivity index (χ0n) is 19.3. The van der Waals surface area contributed by atoms with Crippen LogP contribution >= 0.6 is 11.3 Å². The Hall–Kier alpha value is -3.56. The SMILES string of the molecule is CCc1cc(COc2ccc(C(=O)N[C@@H]3CCOC[C@@H]3c3n[nH]c(=O)s3)cc2)c2ccccc2n1. The second kappa shape index (κ2) is 10.4. The number of rotatable bonds is 7. The number of hydrogen-bond acceptors (Lipinski definition) is 7. The van der Waals surface area contributed by atoms with Crippen molar-refractivity contribution in [3.8, 4) is 5.75 Å². The van der Waals surface area contributed by atoms with Crippen molar-refractivity contribution in [3.63, 3.8) is 0 Å². The molecule has 2 atom stereocenters. The van der Waals surface area contributed by atoms with Crippen molar-refractivity contribution >= 4 is 28.1 Å². The van der Waals surface area contributed by atoms with Gasteiger partial charge in [-0.05, 0) is 49.2 Å². The Morgan fingerprint density at radius 1 is 1.23 bits per heavy atom. The van der Waals surface area contributed by atoms with Gasteiger partial charge in [-0.25, -0.2) is 5.10 Å². The number of aromatic amines is 1. The van der Waals surface area contributed by atoms with Gasteiger partial charge in [0.05, 0.1) is 18.0 Å². The van der Waals surface area contributed by atoms with Gasteiger partial charge in [-0.1, -0.05) is 36.5 Å². The van der Waals surface area contributed by atoms with E-state index in [1.807, 2.05) is 18.2 Å². The molecule has 1 amide bonds. The maximum atomic E-state index is 12.9. The summed E-state index contributed by atoms with van der Waals surface area (Å²) in [5.41, 5.74) is 3.62. The fraction of sp³-hybridized carbons (Fsp3) is 0.308. The lowest BCUT2D eigenvalue weighted by Gasteiger charge is -2.30. The maximum absolute atomic E-state index is 12.9. The van der Waals surface area contributed by atoms with Gasteiger partial charge in [0.2, 0.25) is 0 Å². The summed E-state index contributed by atoms with van der Waals surface area (Å²) in [5.74, 6) is 0.359. The molecule has 9 heteroatoms. The van der Waals surface area contributed by atoms with Gasteiger partial charge < -0.3 is 14.8 Å². The molecule has 2 N–H and O–H groups in total. The first-order valence-electron chi connectivity index (χ1n) is 11.6. The molecule has 0 radical (unpaired) electrons. The van der Waals surface area contributed by atoms with E-state index >= 15 is 0 Å². The number of amides is 1. The maximum Gasteiger partial charge on any atom is 0.322 e. The first-order chi connectivity index (χ1) is 17.1. The molecule has 0 spiro atoms. The van der Waals surface area contributed by atoms with Crippen LogP contribution in [0, 0.1) is 0 Å². The minimum absolute atomic E-state index is 0.151. The summed E-state index contributed by atoms with van der Waals surface area (Å²) in [7, 11) is 0. The van der Waals surface area contributed by atoms with E-state index < -0.39 is 0 Å². The third-order valence-corrected chi connectivity index (χ3v) is 7.05. The molecule has 0 aliphatic carbocycles. The van der Waals surface area contributed by atoms with Gasteiger partial charge in [-0.15, -0.1) is 0 Å². The van der Waals surface area contributed by atoms with Crippen molar-refractivity contribution in [2.45, 2.75) is 38.3 Å². The van der Waals surface area contributed by atoms with Gasteiger partial charge in [0, 0.05) is 34.9 Å². The van der Waals surface area contributed by atoms with Gasteiger partial charge >= 0.3 is 4.87 Å². The van der Waals surface area contributed by atoms with Crippen LogP contribution in [0.4, 0.5) is 0 Å². The van der Waals surface area contributed by atoms with E-state index in [1.54, 1.807) is 24.3 Å². The molecule has 35 heavy (non-hydrogen) atoms. The number of carbonyl (C=O) groups is 1. The summed E-state index contributed by atoms with van der Waals surface area (Å²) in [6.07, 6.45) is 1.51. The van der Waals surface area contributed by atoms with E-state index in [-0.39, 0.29) is 22.7 Å². The van der Waals surface area contributed by atoms with Crippen LogP contribution in [-0.4, -0.2) is 40.3 Å². The topological polar surface area (TPSA) is 106 Å². The first-order valence-corrected chi connectivity index (χ1v) is 12.5. The molecule has 0 unspecified atom stereocenters. The normalized spacial score (nSPS) is 17.9. The van der Waals surface area contributed by atoms with E-state index in [2.05, 4.69) is 39.6 Å². The number of para-hydroxylation sites is 1. The number of benzene rings is 2. The lowest BCUT2D eigenvalue weighted by atomic mass is 9.96. The molecule has 0 saturated carbocycles. The number of aryl methyl sites for hydroxylation is 1. The zero-order chi connectivity index (χ0) is 24.2. The molecule has 5 rings (SSSR count). The van der Waals surface area contributed by atoms with Crippen LogP contribution in [0.5, 0.6) is 5.75 Å². The predicted octanol–water partition coefficient (Wildman–Crippen LogP) is 3.82. The Bertz CT molecular complexity index is 1380. The molecule has 2 aromatic heterocycles. The number of nitrogens with one attached hydrogen (secondary N) is 2. The van der Waals surface area contributed by atoms with Crippen molar-refractivity contribution in [2.75, 3.05) is 13.2 Å². The number of aromatic nitrogens is 3. The Morgan fingerprint density at radius 2 is 2.06 bits per heavy atom. The van der Waals surface area contributed by atoms with E-state index in [9.17, 15) is 9.59 Å². The van der Waals surface area contributed by atoms with Crippen LogP contribution in [-0.2, 0) is 17.8 Å². The number of pyridine rings is 1. The molecular formula is C26H26N4O4S. The standard InChI is InChI=1S/C26H26N4O4S/c1-2-18-13-17(20-5-3-4-6-22(20)27-18)14-34-19-9-7-16(8-10-19)24(31)28-23-11-12-33-15-21(23)25-29-30-26(32)35-25/h3-10,13,21,23H,2,11-12,14-15H2,1H3,(H,28,31)(H,30,32)/t21-,23+/m0/s1. The number of ether oxygens (including phenoxy) is 2. The van der Waals surface area contributed by atoms with Crippen LogP contribution in [0.2, 0.25) is 0 Å². The van der Waals surface area contributed by atoms with Crippen molar-refractivity contribution in [1.82, 2.24) is 20.5 Å². The van der Waals surface area contributed by atoms with Crippen molar-refractivity contribution < 1.29 is 14.3 Å². The fourth-order valence-electron chi connectivity index (χ4n) is 4.28. The highest BCUT2D eigenvalue weighted by molar-refractivity contribution is 7.08. The lowest BCUT2D eigenvalue weighted by Crippen LogP contribution is -2.44. The summed E-state index contributed by atoms with van der Waals surface area (Å²) in [6, 6.07) is 17.1. The van der Waals surface area contributed by atoms with Crippen LogP contribution in [0.25, 0.3) is 10.9 Å². The summed E-state index contributed by atoms with van der Waals surface area (Å²) >= 11 is 1.06. The van der Waals surface area contributed by atoms with Gasteiger partial charge in [-0.3, -0.25) is 14.6 Å². The third kappa shape index (κ3) is 5.26. The zero-order valence-corrected chi connectivity index (χ0v) is 20.1. The third-order valence-electron chi connectivity index (χ3n) is 6.17. The van der Waals surface area contributed by atoms with E-state index in [4.69, 9.17) is 9.47 Å². The first kappa shape index (κ1) is 23.2. The number of H-pyrrole nitrogens is 1.